The van der Waals surface area contributed by atoms with Crippen molar-refractivity contribution in [2.45, 2.75) is 39.0 Å². The van der Waals surface area contributed by atoms with E-state index in [0.29, 0.717) is 24.0 Å². The third-order valence-electron chi connectivity index (χ3n) is 4.98. The number of anilines is 3. The van der Waals surface area contributed by atoms with Gasteiger partial charge in [0, 0.05) is 36.3 Å². The molecule has 28 heavy (non-hydrogen) atoms. The van der Waals surface area contributed by atoms with Crippen molar-refractivity contribution in [3.05, 3.63) is 54.9 Å². The standard InChI is InChI=1S/C21H24N6O/c1-15-23-19(13-20(24-15)27-11-10-22-14-27)25-17-6-8-18(9-7-17)26-21(28)12-16-4-2-3-5-16/h6-11,13-14,16H,2-5,12H2,1H3,(H,26,28)(H,23,24,25). The zero-order valence-electron chi connectivity index (χ0n) is 15.9. The van der Waals surface area contributed by atoms with Crippen molar-refractivity contribution in [3.8, 4) is 5.82 Å². The topological polar surface area (TPSA) is 84.7 Å². The number of nitrogens with zero attached hydrogens (tertiary/aromatic N) is 4. The van der Waals surface area contributed by atoms with E-state index >= 15 is 0 Å². The van der Waals surface area contributed by atoms with Gasteiger partial charge in [0.1, 0.15) is 23.8 Å². The maximum atomic E-state index is 12.2. The molecule has 1 amide bonds. The normalized spacial score (nSPS) is 14.2. The molecule has 0 unspecified atom stereocenters. The first-order valence-electron chi connectivity index (χ1n) is 9.67. The van der Waals surface area contributed by atoms with Crippen molar-refractivity contribution >= 4 is 23.1 Å². The van der Waals surface area contributed by atoms with Gasteiger partial charge in [-0.3, -0.25) is 9.36 Å². The lowest BCUT2D eigenvalue weighted by atomic mass is 10.0. The maximum Gasteiger partial charge on any atom is 0.224 e. The fourth-order valence-electron chi connectivity index (χ4n) is 3.62. The molecule has 2 aromatic heterocycles. The quantitative estimate of drug-likeness (QED) is 0.672. The third-order valence-corrected chi connectivity index (χ3v) is 4.98. The van der Waals surface area contributed by atoms with Crippen LogP contribution in [0.15, 0.2) is 49.1 Å². The highest BCUT2D eigenvalue weighted by Crippen LogP contribution is 2.28. The minimum atomic E-state index is 0.101. The van der Waals surface area contributed by atoms with E-state index in [1.54, 1.807) is 12.5 Å². The number of imidazole rings is 1. The molecular formula is C21H24N6O. The summed E-state index contributed by atoms with van der Waals surface area (Å²) in [5, 5.41) is 6.28. The molecule has 7 heteroatoms. The van der Waals surface area contributed by atoms with Crippen LogP contribution in [0.1, 0.15) is 37.9 Å². The number of carbonyl (C=O) groups is 1. The van der Waals surface area contributed by atoms with Crippen molar-refractivity contribution in [1.82, 2.24) is 19.5 Å². The molecule has 0 aliphatic heterocycles. The first-order chi connectivity index (χ1) is 13.7. The van der Waals surface area contributed by atoms with Crippen LogP contribution >= 0.6 is 0 Å². The second-order valence-electron chi connectivity index (χ2n) is 7.23. The zero-order chi connectivity index (χ0) is 19.3. The number of amides is 1. The molecule has 0 bridgehead atoms. The van der Waals surface area contributed by atoms with Gasteiger partial charge in [0.15, 0.2) is 0 Å². The summed E-state index contributed by atoms with van der Waals surface area (Å²) in [5.41, 5.74) is 1.70. The number of aromatic nitrogens is 4. The molecule has 4 rings (SSSR count). The summed E-state index contributed by atoms with van der Waals surface area (Å²) in [5.74, 6) is 2.78. The monoisotopic (exact) mass is 376 g/mol. The second-order valence-corrected chi connectivity index (χ2v) is 7.23. The van der Waals surface area contributed by atoms with Crippen LogP contribution in [0.25, 0.3) is 5.82 Å². The van der Waals surface area contributed by atoms with Crippen molar-refractivity contribution in [2.24, 2.45) is 5.92 Å². The summed E-state index contributed by atoms with van der Waals surface area (Å²) in [6.07, 6.45) is 10.7. The van der Waals surface area contributed by atoms with E-state index in [1.807, 2.05) is 48.0 Å². The van der Waals surface area contributed by atoms with Crippen molar-refractivity contribution in [1.29, 1.82) is 0 Å². The molecule has 7 nitrogen and oxygen atoms in total. The Kier molecular flexibility index (Phi) is 5.32. The van der Waals surface area contributed by atoms with E-state index in [2.05, 4.69) is 25.6 Å². The Hall–Kier alpha value is -3.22. The second kappa shape index (κ2) is 8.21. The van der Waals surface area contributed by atoms with Gasteiger partial charge in [-0.1, -0.05) is 12.8 Å². The van der Waals surface area contributed by atoms with Crippen LogP contribution in [0.5, 0.6) is 0 Å². The number of aryl methyl sites for hydroxylation is 1. The van der Waals surface area contributed by atoms with Crippen molar-refractivity contribution < 1.29 is 4.79 Å². The molecule has 1 saturated carbocycles. The summed E-state index contributed by atoms with van der Waals surface area (Å²) < 4.78 is 1.84. The van der Waals surface area contributed by atoms with Crippen LogP contribution in [-0.2, 0) is 4.79 Å². The Morgan fingerprint density at radius 1 is 1.14 bits per heavy atom. The van der Waals surface area contributed by atoms with Crippen LogP contribution in [0.3, 0.4) is 0 Å². The van der Waals surface area contributed by atoms with E-state index in [4.69, 9.17) is 0 Å². The molecule has 2 N–H and O–H groups in total. The molecule has 1 fully saturated rings. The average Bonchev–Trinajstić information content (AvgIpc) is 3.37. The molecule has 144 valence electrons. The van der Waals surface area contributed by atoms with E-state index in [1.165, 1.54) is 25.7 Å². The fraction of sp³-hybridized carbons (Fsp3) is 0.333. The molecule has 0 atom stereocenters. The first kappa shape index (κ1) is 18.2. The first-order valence-corrected chi connectivity index (χ1v) is 9.67. The summed E-state index contributed by atoms with van der Waals surface area (Å²) in [7, 11) is 0. The predicted octanol–water partition coefficient (Wildman–Crippen LogP) is 4.23. The number of hydrogen-bond acceptors (Lipinski definition) is 5. The summed E-state index contributed by atoms with van der Waals surface area (Å²) >= 11 is 0. The summed E-state index contributed by atoms with van der Waals surface area (Å²) in [6, 6.07) is 9.53. The predicted molar refractivity (Wildman–Crippen MR) is 109 cm³/mol. The minimum absolute atomic E-state index is 0.101. The van der Waals surface area contributed by atoms with Gasteiger partial charge < -0.3 is 10.6 Å². The van der Waals surface area contributed by atoms with Gasteiger partial charge in [0.2, 0.25) is 5.91 Å². The Balaban J connectivity index is 1.40. The summed E-state index contributed by atoms with van der Waals surface area (Å²) in [4.78, 5) is 25.1. The molecule has 1 aliphatic carbocycles. The molecule has 0 spiro atoms. The van der Waals surface area contributed by atoms with Crippen LogP contribution in [0, 0.1) is 12.8 Å². The number of hydrogen-bond donors (Lipinski definition) is 2. The zero-order valence-corrected chi connectivity index (χ0v) is 15.9. The van der Waals surface area contributed by atoms with Crippen LogP contribution in [0.4, 0.5) is 17.2 Å². The number of benzene rings is 1. The summed E-state index contributed by atoms with van der Waals surface area (Å²) in [6.45, 7) is 1.86. The Bertz CT molecular complexity index is 930. The molecule has 1 aliphatic rings. The average molecular weight is 376 g/mol. The molecule has 3 aromatic rings. The minimum Gasteiger partial charge on any atom is -0.340 e. The molecule has 2 heterocycles. The van der Waals surface area contributed by atoms with Gasteiger partial charge in [-0.2, -0.15) is 0 Å². The van der Waals surface area contributed by atoms with E-state index < -0.39 is 0 Å². The molecule has 0 saturated heterocycles. The Morgan fingerprint density at radius 3 is 2.61 bits per heavy atom. The SMILES string of the molecule is Cc1nc(Nc2ccc(NC(=O)CC3CCCC3)cc2)cc(-n2ccnc2)n1. The van der Waals surface area contributed by atoms with Crippen molar-refractivity contribution in [2.75, 3.05) is 10.6 Å². The van der Waals surface area contributed by atoms with Crippen LogP contribution in [0.2, 0.25) is 0 Å². The highest BCUT2D eigenvalue weighted by Gasteiger charge is 2.18. The largest absolute Gasteiger partial charge is 0.340 e. The van der Waals surface area contributed by atoms with E-state index in [0.717, 1.165) is 17.2 Å². The smallest absolute Gasteiger partial charge is 0.224 e. The lowest BCUT2D eigenvalue weighted by Crippen LogP contribution is -2.15. The van der Waals surface area contributed by atoms with Gasteiger partial charge in [-0.15, -0.1) is 0 Å². The highest BCUT2D eigenvalue weighted by atomic mass is 16.1. The van der Waals surface area contributed by atoms with Gasteiger partial charge >= 0.3 is 0 Å². The third kappa shape index (κ3) is 4.54. The molecular weight excluding hydrogens is 352 g/mol. The van der Waals surface area contributed by atoms with E-state index in [9.17, 15) is 4.79 Å². The Labute approximate surface area is 164 Å². The number of carbonyl (C=O) groups excluding carboxylic acids is 1. The molecule has 0 radical (unpaired) electrons. The maximum absolute atomic E-state index is 12.2. The van der Waals surface area contributed by atoms with Gasteiger partial charge in [-0.25, -0.2) is 15.0 Å². The lowest BCUT2D eigenvalue weighted by Gasteiger charge is -2.11. The fourth-order valence-corrected chi connectivity index (χ4v) is 3.62. The number of rotatable bonds is 6. The lowest BCUT2D eigenvalue weighted by molar-refractivity contribution is -0.117. The van der Waals surface area contributed by atoms with Crippen molar-refractivity contribution in [3.63, 3.8) is 0 Å². The molecule has 1 aromatic carbocycles. The number of nitrogens with one attached hydrogen (secondary N) is 2. The van der Waals surface area contributed by atoms with E-state index in [-0.39, 0.29) is 5.91 Å². The van der Waals surface area contributed by atoms with Gasteiger partial charge in [0.25, 0.3) is 0 Å². The van der Waals surface area contributed by atoms with Crippen LogP contribution < -0.4 is 10.6 Å². The van der Waals surface area contributed by atoms with Gasteiger partial charge in [-0.05, 0) is 49.9 Å². The van der Waals surface area contributed by atoms with Crippen LogP contribution in [-0.4, -0.2) is 25.4 Å². The Morgan fingerprint density at radius 2 is 1.89 bits per heavy atom. The van der Waals surface area contributed by atoms with Gasteiger partial charge in [0.05, 0.1) is 0 Å². The highest BCUT2D eigenvalue weighted by molar-refractivity contribution is 5.91.